The molecule has 1 atom stereocenters. The van der Waals surface area contributed by atoms with Gasteiger partial charge in [0.2, 0.25) is 0 Å². The van der Waals surface area contributed by atoms with Gasteiger partial charge in [-0.2, -0.15) is 5.10 Å². The predicted octanol–water partition coefficient (Wildman–Crippen LogP) is 2.06. The Morgan fingerprint density at radius 2 is 2.35 bits per heavy atom. The molecule has 0 spiro atoms. The third-order valence-electron chi connectivity index (χ3n) is 2.85. The number of pyridine rings is 1. The summed E-state index contributed by atoms with van der Waals surface area (Å²) in [6.07, 6.45) is 1.29. The van der Waals surface area contributed by atoms with Gasteiger partial charge >= 0.3 is 0 Å². The van der Waals surface area contributed by atoms with Crippen LogP contribution < -0.4 is 11.1 Å². The molecule has 0 radical (unpaired) electrons. The van der Waals surface area contributed by atoms with Gasteiger partial charge in [-0.15, -0.1) is 11.3 Å². The van der Waals surface area contributed by atoms with Crippen molar-refractivity contribution in [2.45, 2.75) is 13.0 Å². The van der Waals surface area contributed by atoms with Crippen LogP contribution in [0.15, 0.2) is 24.4 Å². The van der Waals surface area contributed by atoms with E-state index in [0.717, 1.165) is 26.5 Å². The smallest absolute Gasteiger partial charge is 0.126 e. The summed E-state index contributed by atoms with van der Waals surface area (Å²) in [6, 6.07) is 5.69. The number of hydrogen-bond donors (Lipinski definition) is 4. The topological polar surface area (TPSA) is 99.8 Å². The number of aromatic nitrogens is 3. The fourth-order valence-electron chi connectivity index (χ4n) is 1.96. The number of aliphatic hydroxyl groups is 1. The number of nitrogens with one attached hydrogen (secondary N) is 2. The van der Waals surface area contributed by atoms with Gasteiger partial charge in [0.15, 0.2) is 0 Å². The van der Waals surface area contributed by atoms with Crippen LogP contribution in [0.4, 0.5) is 11.5 Å². The van der Waals surface area contributed by atoms with E-state index in [0.29, 0.717) is 12.4 Å². The van der Waals surface area contributed by atoms with Crippen molar-refractivity contribution in [1.82, 2.24) is 15.2 Å². The van der Waals surface area contributed by atoms with Crippen molar-refractivity contribution in [3.05, 3.63) is 24.4 Å². The second-order valence-electron chi connectivity index (χ2n) is 4.62. The molecule has 104 valence electrons. The molecule has 3 rings (SSSR count). The zero-order valence-corrected chi connectivity index (χ0v) is 11.7. The fourth-order valence-corrected chi connectivity index (χ4v) is 3.02. The van der Waals surface area contributed by atoms with Gasteiger partial charge in [0.1, 0.15) is 5.82 Å². The minimum Gasteiger partial charge on any atom is -0.392 e. The summed E-state index contributed by atoms with van der Waals surface area (Å²) in [5.74, 6) is 0.458. The molecule has 20 heavy (non-hydrogen) atoms. The number of nitrogen functional groups attached to an aromatic ring is 1. The van der Waals surface area contributed by atoms with Crippen molar-refractivity contribution in [2.75, 3.05) is 17.6 Å². The molecule has 0 aliphatic carbocycles. The lowest BCUT2D eigenvalue weighted by Crippen LogP contribution is -2.15. The van der Waals surface area contributed by atoms with E-state index >= 15 is 0 Å². The van der Waals surface area contributed by atoms with Gasteiger partial charge in [0, 0.05) is 18.8 Å². The van der Waals surface area contributed by atoms with Gasteiger partial charge in [-0.3, -0.25) is 5.10 Å². The molecule has 3 heterocycles. The molecular formula is C13H15N5OS. The molecule has 0 saturated heterocycles. The zero-order chi connectivity index (χ0) is 14.1. The third kappa shape index (κ3) is 2.45. The van der Waals surface area contributed by atoms with Gasteiger partial charge in [0.25, 0.3) is 0 Å². The number of aliphatic hydroxyl groups excluding tert-OH is 1. The van der Waals surface area contributed by atoms with E-state index in [1.807, 2.05) is 12.1 Å². The third-order valence-corrected chi connectivity index (χ3v) is 4.04. The summed E-state index contributed by atoms with van der Waals surface area (Å²) in [4.78, 5) is 5.40. The minimum absolute atomic E-state index is 0.425. The fraction of sp³-hybridized carbons (Fsp3) is 0.231. The quantitative estimate of drug-likeness (QED) is 0.589. The molecular weight excluding hydrogens is 274 g/mol. The number of nitrogens with zero attached hydrogens (tertiary/aromatic N) is 2. The maximum Gasteiger partial charge on any atom is 0.126 e. The summed E-state index contributed by atoms with van der Waals surface area (Å²) in [5, 5.41) is 19.5. The first-order valence-electron chi connectivity index (χ1n) is 6.25. The Hall–Kier alpha value is -2.12. The second-order valence-corrected chi connectivity index (χ2v) is 5.67. The normalized spacial score (nSPS) is 12.7. The highest BCUT2D eigenvalue weighted by Gasteiger charge is 2.11. The molecule has 0 aromatic carbocycles. The second kappa shape index (κ2) is 5.10. The highest BCUT2D eigenvalue weighted by atomic mass is 32.1. The van der Waals surface area contributed by atoms with E-state index < -0.39 is 6.10 Å². The number of thiophene rings is 1. The summed E-state index contributed by atoms with van der Waals surface area (Å²) < 4.78 is 1.02. The highest BCUT2D eigenvalue weighted by Crippen LogP contribution is 2.36. The van der Waals surface area contributed by atoms with Crippen LogP contribution >= 0.6 is 11.3 Å². The van der Waals surface area contributed by atoms with Crippen molar-refractivity contribution < 1.29 is 5.11 Å². The minimum atomic E-state index is -0.425. The molecule has 0 saturated carbocycles. The van der Waals surface area contributed by atoms with E-state index in [4.69, 9.17) is 5.73 Å². The van der Waals surface area contributed by atoms with Crippen LogP contribution in [0, 0.1) is 0 Å². The largest absolute Gasteiger partial charge is 0.392 e. The van der Waals surface area contributed by atoms with Crippen molar-refractivity contribution in [2.24, 2.45) is 0 Å². The number of fused-ring (bicyclic) bond motifs is 1. The Balaban J connectivity index is 2.05. The molecule has 0 amide bonds. The van der Waals surface area contributed by atoms with E-state index in [2.05, 4.69) is 20.5 Å². The Bertz CT molecular complexity index is 720. The molecule has 6 nitrogen and oxygen atoms in total. The SMILES string of the molecule is C[C@H](O)CNc1cc(N)nc2cc(-c3ccn[nH]3)sc12. The maximum atomic E-state index is 9.39. The Morgan fingerprint density at radius 3 is 3.05 bits per heavy atom. The molecule has 0 bridgehead atoms. The Labute approximate surface area is 119 Å². The Morgan fingerprint density at radius 1 is 1.50 bits per heavy atom. The standard InChI is InChI=1S/C13H15N5OS/c1-7(19)6-15-9-5-12(14)17-10-4-11(20-13(9)10)8-2-3-16-18-8/h2-5,7,19H,6H2,1H3,(H,16,18)(H3,14,15,17)/t7-/m0/s1. The first-order valence-corrected chi connectivity index (χ1v) is 7.07. The lowest BCUT2D eigenvalue weighted by molar-refractivity contribution is 0.208. The van der Waals surface area contributed by atoms with Crippen LogP contribution in [0.5, 0.6) is 0 Å². The number of anilines is 2. The van der Waals surface area contributed by atoms with Crippen LogP contribution in [0.1, 0.15) is 6.92 Å². The number of rotatable bonds is 4. The van der Waals surface area contributed by atoms with E-state index in [1.54, 1.807) is 30.5 Å². The van der Waals surface area contributed by atoms with Crippen LogP contribution in [0.25, 0.3) is 20.8 Å². The molecule has 3 aromatic rings. The number of nitrogens with two attached hydrogens (primary N) is 1. The average Bonchev–Trinajstić information content (AvgIpc) is 3.03. The summed E-state index contributed by atoms with van der Waals surface area (Å²) in [7, 11) is 0. The van der Waals surface area contributed by atoms with E-state index in [9.17, 15) is 5.11 Å². The van der Waals surface area contributed by atoms with Crippen molar-refractivity contribution >= 4 is 33.1 Å². The van der Waals surface area contributed by atoms with Gasteiger partial charge in [0.05, 0.1) is 32.6 Å². The summed E-state index contributed by atoms with van der Waals surface area (Å²) in [5.41, 5.74) is 8.51. The summed E-state index contributed by atoms with van der Waals surface area (Å²) in [6.45, 7) is 2.20. The van der Waals surface area contributed by atoms with Gasteiger partial charge in [-0.1, -0.05) is 0 Å². The Kier molecular flexibility index (Phi) is 3.29. The van der Waals surface area contributed by atoms with Crippen molar-refractivity contribution in [3.8, 4) is 10.6 Å². The monoisotopic (exact) mass is 289 g/mol. The molecule has 0 unspecified atom stereocenters. The van der Waals surface area contributed by atoms with Crippen LogP contribution in [0.3, 0.4) is 0 Å². The number of H-pyrrole nitrogens is 1. The molecule has 0 aliphatic heterocycles. The maximum absolute atomic E-state index is 9.39. The lowest BCUT2D eigenvalue weighted by Gasteiger charge is -2.09. The van der Waals surface area contributed by atoms with Crippen molar-refractivity contribution in [3.63, 3.8) is 0 Å². The van der Waals surface area contributed by atoms with Crippen LogP contribution in [-0.4, -0.2) is 32.9 Å². The zero-order valence-electron chi connectivity index (χ0n) is 10.9. The van der Waals surface area contributed by atoms with E-state index in [-0.39, 0.29) is 0 Å². The van der Waals surface area contributed by atoms with Crippen molar-refractivity contribution in [1.29, 1.82) is 0 Å². The highest BCUT2D eigenvalue weighted by molar-refractivity contribution is 7.22. The molecule has 0 aliphatic rings. The summed E-state index contributed by atoms with van der Waals surface area (Å²) >= 11 is 1.61. The molecule has 3 aromatic heterocycles. The number of hydrogen-bond acceptors (Lipinski definition) is 6. The average molecular weight is 289 g/mol. The first kappa shape index (κ1) is 12.9. The molecule has 0 fully saturated rings. The lowest BCUT2D eigenvalue weighted by atomic mass is 10.3. The first-order chi connectivity index (χ1) is 9.63. The number of aromatic amines is 1. The van der Waals surface area contributed by atoms with Gasteiger partial charge in [-0.25, -0.2) is 4.98 Å². The van der Waals surface area contributed by atoms with E-state index in [1.165, 1.54) is 0 Å². The molecule has 5 N–H and O–H groups in total. The molecule has 7 heteroatoms. The van der Waals surface area contributed by atoms with Crippen LogP contribution in [-0.2, 0) is 0 Å². The van der Waals surface area contributed by atoms with Crippen LogP contribution in [0.2, 0.25) is 0 Å². The predicted molar refractivity (Wildman–Crippen MR) is 81.8 cm³/mol. The van der Waals surface area contributed by atoms with Gasteiger partial charge in [-0.05, 0) is 19.1 Å². The van der Waals surface area contributed by atoms with Gasteiger partial charge < -0.3 is 16.2 Å².